The van der Waals surface area contributed by atoms with Crippen LogP contribution in [0.2, 0.25) is 0 Å². The molecule has 0 radical (unpaired) electrons. The molecule has 0 aliphatic rings. The number of carbonyl (C=O) groups excluding carboxylic acids is 1. The zero-order valence-electron chi connectivity index (χ0n) is 16.4. The average Bonchev–Trinajstić information content (AvgIpc) is 3.44. The van der Waals surface area contributed by atoms with Crippen molar-refractivity contribution in [2.75, 3.05) is 0 Å². The van der Waals surface area contributed by atoms with E-state index in [1.165, 1.54) is 0 Å². The van der Waals surface area contributed by atoms with Crippen LogP contribution >= 0.6 is 0 Å². The van der Waals surface area contributed by atoms with E-state index in [0.29, 0.717) is 17.8 Å². The Labute approximate surface area is 169 Å². The highest BCUT2D eigenvalue weighted by atomic mass is 16.1. The highest BCUT2D eigenvalue weighted by Gasteiger charge is 2.19. The lowest BCUT2D eigenvalue weighted by Crippen LogP contribution is -2.27. The van der Waals surface area contributed by atoms with Gasteiger partial charge in [-0.2, -0.15) is 10.2 Å². The summed E-state index contributed by atoms with van der Waals surface area (Å²) >= 11 is 0. The van der Waals surface area contributed by atoms with E-state index in [0.717, 1.165) is 16.9 Å². The van der Waals surface area contributed by atoms with Crippen molar-refractivity contribution in [2.24, 2.45) is 0 Å². The van der Waals surface area contributed by atoms with E-state index in [1.807, 2.05) is 68.6 Å². The van der Waals surface area contributed by atoms with E-state index in [9.17, 15) is 4.79 Å². The van der Waals surface area contributed by atoms with Gasteiger partial charge in [0.25, 0.3) is 5.91 Å². The van der Waals surface area contributed by atoms with Gasteiger partial charge in [0.2, 0.25) is 0 Å². The molecule has 4 rings (SSSR count). The van der Waals surface area contributed by atoms with Gasteiger partial charge < -0.3 is 5.32 Å². The zero-order chi connectivity index (χ0) is 20.2. The maximum Gasteiger partial charge on any atom is 0.255 e. The summed E-state index contributed by atoms with van der Waals surface area (Å²) in [5.41, 5.74) is 3.35. The first kappa shape index (κ1) is 18.6. The summed E-state index contributed by atoms with van der Waals surface area (Å²) < 4.78 is 3.52. The second-order valence-electron chi connectivity index (χ2n) is 6.70. The van der Waals surface area contributed by atoms with Gasteiger partial charge in [0.05, 0.1) is 29.2 Å². The van der Waals surface area contributed by atoms with Gasteiger partial charge in [-0.3, -0.25) is 4.79 Å². The number of benzene rings is 1. The standard InChI is InChI=1S/C22H22N6O/c1-3-20-19(15-25-28(20)21-10-4-5-11-23-21)22(29)26-16(2)17-8-6-9-18(14-17)27-13-7-12-24-27/h4-16H,3H2,1-2H3,(H,26,29)/t16-/m0/s1. The number of nitrogens with zero attached hydrogens (tertiary/aromatic N) is 5. The van der Waals surface area contributed by atoms with Crippen LogP contribution in [0, 0.1) is 0 Å². The molecule has 1 aromatic carbocycles. The molecule has 0 fully saturated rings. The molecule has 29 heavy (non-hydrogen) atoms. The fraction of sp³-hybridized carbons (Fsp3) is 0.182. The molecule has 0 spiro atoms. The number of rotatable bonds is 6. The first-order chi connectivity index (χ1) is 14.2. The molecule has 146 valence electrons. The van der Waals surface area contributed by atoms with E-state index in [1.54, 1.807) is 28.0 Å². The maximum absolute atomic E-state index is 13.0. The minimum atomic E-state index is -0.166. The summed E-state index contributed by atoms with van der Waals surface area (Å²) in [4.78, 5) is 17.3. The molecule has 0 saturated carbocycles. The predicted octanol–water partition coefficient (Wildman–Crippen LogP) is 3.51. The molecule has 0 saturated heterocycles. The summed E-state index contributed by atoms with van der Waals surface area (Å²) in [7, 11) is 0. The molecule has 0 aliphatic carbocycles. The van der Waals surface area contributed by atoms with Crippen molar-refractivity contribution in [3.63, 3.8) is 0 Å². The third kappa shape index (κ3) is 3.80. The minimum Gasteiger partial charge on any atom is -0.345 e. The van der Waals surface area contributed by atoms with Gasteiger partial charge >= 0.3 is 0 Å². The van der Waals surface area contributed by atoms with Crippen molar-refractivity contribution in [1.29, 1.82) is 0 Å². The smallest absolute Gasteiger partial charge is 0.255 e. The lowest BCUT2D eigenvalue weighted by Gasteiger charge is -2.16. The van der Waals surface area contributed by atoms with Crippen LogP contribution in [0.1, 0.15) is 41.5 Å². The third-order valence-electron chi connectivity index (χ3n) is 4.80. The molecule has 3 heterocycles. The zero-order valence-corrected chi connectivity index (χ0v) is 16.4. The van der Waals surface area contributed by atoms with Crippen molar-refractivity contribution >= 4 is 5.91 Å². The van der Waals surface area contributed by atoms with Gasteiger partial charge in [-0.05, 0) is 49.2 Å². The quantitative estimate of drug-likeness (QED) is 0.550. The number of hydrogen-bond donors (Lipinski definition) is 1. The molecule has 1 atom stereocenters. The van der Waals surface area contributed by atoms with Gasteiger partial charge in [-0.1, -0.05) is 25.1 Å². The fourth-order valence-corrected chi connectivity index (χ4v) is 3.30. The van der Waals surface area contributed by atoms with Crippen LogP contribution in [-0.4, -0.2) is 30.5 Å². The maximum atomic E-state index is 13.0. The molecule has 3 aromatic heterocycles. The molecular formula is C22H22N6O. The van der Waals surface area contributed by atoms with E-state index in [-0.39, 0.29) is 11.9 Å². The Hall–Kier alpha value is -3.74. The predicted molar refractivity (Wildman–Crippen MR) is 110 cm³/mol. The summed E-state index contributed by atoms with van der Waals surface area (Å²) in [6.07, 6.45) is 7.62. The van der Waals surface area contributed by atoms with Crippen molar-refractivity contribution in [2.45, 2.75) is 26.3 Å². The second kappa shape index (κ2) is 8.10. The van der Waals surface area contributed by atoms with Crippen LogP contribution in [0.5, 0.6) is 0 Å². The summed E-state index contributed by atoms with van der Waals surface area (Å²) in [6.45, 7) is 3.97. The first-order valence-corrected chi connectivity index (χ1v) is 9.56. The van der Waals surface area contributed by atoms with E-state index in [2.05, 4.69) is 20.5 Å². The summed E-state index contributed by atoms with van der Waals surface area (Å²) in [5.74, 6) is 0.546. The molecule has 4 aromatic rings. The minimum absolute atomic E-state index is 0.152. The molecule has 0 aliphatic heterocycles. The molecule has 7 nitrogen and oxygen atoms in total. The topological polar surface area (TPSA) is 77.6 Å². The van der Waals surface area contributed by atoms with Gasteiger partial charge in [-0.15, -0.1) is 0 Å². The monoisotopic (exact) mass is 386 g/mol. The van der Waals surface area contributed by atoms with Crippen LogP contribution < -0.4 is 5.32 Å². The second-order valence-corrected chi connectivity index (χ2v) is 6.70. The van der Waals surface area contributed by atoms with Gasteiger partial charge in [0.1, 0.15) is 0 Å². The molecule has 0 unspecified atom stereocenters. The average molecular weight is 386 g/mol. The summed E-state index contributed by atoms with van der Waals surface area (Å²) in [6, 6.07) is 15.3. The molecule has 0 bridgehead atoms. The lowest BCUT2D eigenvalue weighted by molar-refractivity contribution is 0.0939. The number of hydrogen-bond acceptors (Lipinski definition) is 4. The number of aromatic nitrogens is 5. The van der Waals surface area contributed by atoms with Crippen LogP contribution in [-0.2, 0) is 6.42 Å². The molecule has 1 amide bonds. The Balaban J connectivity index is 1.56. The van der Waals surface area contributed by atoms with Gasteiger partial charge in [0.15, 0.2) is 5.82 Å². The molecule has 7 heteroatoms. The van der Waals surface area contributed by atoms with Crippen LogP contribution in [0.15, 0.2) is 73.3 Å². The normalized spacial score (nSPS) is 11.9. The highest BCUT2D eigenvalue weighted by Crippen LogP contribution is 2.19. The third-order valence-corrected chi connectivity index (χ3v) is 4.80. The number of nitrogens with one attached hydrogen (secondary N) is 1. The molecular weight excluding hydrogens is 364 g/mol. The fourth-order valence-electron chi connectivity index (χ4n) is 3.30. The van der Waals surface area contributed by atoms with Crippen molar-refractivity contribution in [1.82, 2.24) is 29.9 Å². The lowest BCUT2D eigenvalue weighted by atomic mass is 10.1. The Bertz CT molecular complexity index is 1100. The van der Waals surface area contributed by atoms with Crippen LogP contribution in [0.25, 0.3) is 11.5 Å². The Morgan fingerprint density at radius 1 is 1.10 bits per heavy atom. The van der Waals surface area contributed by atoms with E-state index in [4.69, 9.17) is 0 Å². The molecule has 1 N–H and O–H groups in total. The van der Waals surface area contributed by atoms with Crippen molar-refractivity contribution in [3.8, 4) is 11.5 Å². The van der Waals surface area contributed by atoms with Gasteiger partial charge in [0, 0.05) is 18.6 Å². The number of amides is 1. The highest BCUT2D eigenvalue weighted by molar-refractivity contribution is 5.95. The van der Waals surface area contributed by atoms with Gasteiger partial charge in [-0.25, -0.2) is 14.3 Å². The van der Waals surface area contributed by atoms with Crippen molar-refractivity contribution < 1.29 is 4.79 Å². The Morgan fingerprint density at radius 2 is 2.00 bits per heavy atom. The SMILES string of the molecule is CCc1c(C(=O)N[C@@H](C)c2cccc(-n3cccn3)c2)cnn1-c1ccccn1. The van der Waals surface area contributed by atoms with E-state index < -0.39 is 0 Å². The Morgan fingerprint density at radius 3 is 2.72 bits per heavy atom. The van der Waals surface area contributed by atoms with Crippen LogP contribution in [0.4, 0.5) is 0 Å². The largest absolute Gasteiger partial charge is 0.345 e. The van der Waals surface area contributed by atoms with Crippen molar-refractivity contribution in [3.05, 3.63) is 90.1 Å². The van der Waals surface area contributed by atoms with E-state index >= 15 is 0 Å². The first-order valence-electron chi connectivity index (χ1n) is 9.56. The van der Waals surface area contributed by atoms with Crippen LogP contribution in [0.3, 0.4) is 0 Å². The number of carbonyl (C=O) groups is 1. The Kier molecular flexibility index (Phi) is 5.20. The number of pyridine rings is 1. The summed E-state index contributed by atoms with van der Waals surface area (Å²) in [5, 5.41) is 11.7.